The zero-order valence-corrected chi connectivity index (χ0v) is 14.7. The van der Waals surface area contributed by atoms with E-state index in [1.54, 1.807) is 16.8 Å². The fourth-order valence-electron chi connectivity index (χ4n) is 2.91. The topological polar surface area (TPSA) is 85.4 Å². The van der Waals surface area contributed by atoms with E-state index < -0.39 is 5.91 Å². The van der Waals surface area contributed by atoms with Gasteiger partial charge in [-0.1, -0.05) is 20.8 Å². The van der Waals surface area contributed by atoms with E-state index in [-0.39, 0.29) is 22.3 Å². The Morgan fingerprint density at radius 2 is 1.88 bits per heavy atom. The number of ketones is 1. The van der Waals surface area contributed by atoms with Crippen LogP contribution in [0.2, 0.25) is 0 Å². The number of pyridine rings is 1. The van der Waals surface area contributed by atoms with Gasteiger partial charge in [0.1, 0.15) is 5.56 Å². The summed E-state index contributed by atoms with van der Waals surface area (Å²) in [5, 5.41) is 0. The molecule has 6 nitrogen and oxygen atoms in total. The zero-order valence-electron chi connectivity index (χ0n) is 14.7. The summed E-state index contributed by atoms with van der Waals surface area (Å²) in [6.07, 6.45) is 3.57. The number of hydrogen-bond acceptors (Lipinski definition) is 4. The van der Waals surface area contributed by atoms with E-state index in [2.05, 4.69) is 4.90 Å². The first-order valence-electron chi connectivity index (χ1n) is 8.43. The second-order valence-electron chi connectivity index (χ2n) is 7.64. The Morgan fingerprint density at radius 1 is 1.25 bits per heavy atom. The second-order valence-corrected chi connectivity index (χ2v) is 7.64. The van der Waals surface area contributed by atoms with Gasteiger partial charge in [-0.05, 0) is 44.0 Å². The highest BCUT2D eigenvalue weighted by atomic mass is 16.2. The van der Waals surface area contributed by atoms with Gasteiger partial charge >= 0.3 is 0 Å². The number of nitrogens with two attached hydrogens (primary N) is 1. The summed E-state index contributed by atoms with van der Waals surface area (Å²) in [4.78, 5) is 37.8. The molecule has 1 fully saturated rings. The molecule has 0 aromatic carbocycles. The van der Waals surface area contributed by atoms with Crippen molar-refractivity contribution >= 4 is 11.7 Å². The molecule has 0 saturated carbocycles. The van der Waals surface area contributed by atoms with Gasteiger partial charge in [-0.15, -0.1) is 0 Å². The highest BCUT2D eigenvalue weighted by molar-refractivity contribution is 5.92. The van der Waals surface area contributed by atoms with Crippen molar-refractivity contribution in [3.63, 3.8) is 0 Å². The first-order chi connectivity index (χ1) is 11.2. The summed E-state index contributed by atoms with van der Waals surface area (Å²) >= 11 is 0. The van der Waals surface area contributed by atoms with Crippen LogP contribution in [0, 0.1) is 11.3 Å². The van der Waals surface area contributed by atoms with E-state index in [0.717, 1.165) is 25.9 Å². The average molecular weight is 333 g/mol. The minimum Gasteiger partial charge on any atom is -0.365 e. The molecule has 1 aliphatic rings. The maximum absolute atomic E-state index is 12.2. The maximum atomic E-state index is 12.2. The molecule has 24 heavy (non-hydrogen) atoms. The van der Waals surface area contributed by atoms with E-state index in [1.807, 2.05) is 20.8 Å². The van der Waals surface area contributed by atoms with Gasteiger partial charge < -0.3 is 10.3 Å². The molecule has 0 radical (unpaired) electrons. The quantitative estimate of drug-likeness (QED) is 0.879. The van der Waals surface area contributed by atoms with Crippen molar-refractivity contribution in [2.75, 3.05) is 19.6 Å². The van der Waals surface area contributed by atoms with Crippen LogP contribution in [0.25, 0.3) is 0 Å². The summed E-state index contributed by atoms with van der Waals surface area (Å²) in [5.41, 5.74) is 4.63. The highest BCUT2D eigenvalue weighted by Gasteiger charge is 2.26. The van der Waals surface area contributed by atoms with Gasteiger partial charge in [0.25, 0.3) is 11.5 Å². The molecule has 0 spiro atoms. The summed E-state index contributed by atoms with van der Waals surface area (Å²) < 4.78 is 1.57. The van der Waals surface area contributed by atoms with E-state index >= 15 is 0 Å². The molecule has 0 aliphatic carbocycles. The van der Waals surface area contributed by atoms with E-state index in [1.165, 1.54) is 6.07 Å². The first kappa shape index (κ1) is 18.4. The summed E-state index contributed by atoms with van der Waals surface area (Å²) in [7, 11) is 0. The third-order valence-electron chi connectivity index (χ3n) is 4.65. The molecule has 1 aliphatic heterocycles. The molecule has 0 unspecified atom stereocenters. The van der Waals surface area contributed by atoms with E-state index in [0.29, 0.717) is 19.0 Å². The van der Waals surface area contributed by atoms with Crippen molar-refractivity contribution < 1.29 is 9.59 Å². The summed E-state index contributed by atoms with van der Waals surface area (Å²) in [6, 6.07) is 3.14. The van der Waals surface area contributed by atoms with Crippen molar-refractivity contribution in [2.45, 2.75) is 40.2 Å². The fraction of sp³-hybridized carbons (Fsp3) is 0.611. The number of hydrogen-bond donors (Lipinski definition) is 1. The number of aromatic nitrogens is 1. The van der Waals surface area contributed by atoms with Crippen molar-refractivity contribution in [3.8, 4) is 0 Å². The van der Waals surface area contributed by atoms with Crippen molar-refractivity contribution in [3.05, 3.63) is 34.2 Å². The van der Waals surface area contributed by atoms with Crippen molar-refractivity contribution in [1.29, 1.82) is 0 Å². The molecule has 132 valence electrons. The SMILES string of the molecule is CC(C)(C)C(=O)CN1CCC(Cn2cccc(C(N)=O)c2=O)CC1. The van der Waals surface area contributed by atoms with Gasteiger partial charge in [0.05, 0.1) is 6.54 Å². The Labute approximate surface area is 142 Å². The predicted octanol–water partition coefficient (Wildman–Crippen LogP) is 1.27. The molecule has 0 bridgehead atoms. The Hall–Kier alpha value is -1.95. The Bertz CT molecular complexity index is 665. The Balaban J connectivity index is 1.92. The predicted molar refractivity (Wildman–Crippen MR) is 92.8 cm³/mol. The highest BCUT2D eigenvalue weighted by Crippen LogP contribution is 2.21. The minimum atomic E-state index is -0.690. The first-order valence-corrected chi connectivity index (χ1v) is 8.43. The molecule has 1 amide bonds. The summed E-state index contributed by atoms with van der Waals surface area (Å²) in [6.45, 7) is 8.63. The lowest BCUT2D eigenvalue weighted by molar-refractivity contribution is -0.127. The lowest BCUT2D eigenvalue weighted by Gasteiger charge is -2.33. The number of piperidine rings is 1. The normalized spacial score (nSPS) is 17.0. The van der Waals surface area contributed by atoms with Gasteiger partial charge in [-0.3, -0.25) is 19.3 Å². The average Bonchev–Trinajstić information content (AvgIpc) is 2.50. The molecule has 0 atom stereocenters. The molecule has 2 N–H and O–H groups in total. The van der Waals surface area contributed by atoms with Crippen molar-refractivity contribution in [2.24, 2.45) is 17.1 Å². The van der Waals surface area contributed by atoms with Crippen LogP contribution in [0.3, 0.4) is 0 Å². The third-order valence-corrected chi connectivity index (χ3v) is 4.65. The zero-order chi connectivity index (χ0) is 17.9. The number of rotatable bonds is 5. The Morgan fingerprint density at radius 3 is 2.42 bits per heavy atom. The van der Waals surface area contributed by atoms with Gasteiger partial charge in [0.15, 0.2) is 5.78 Å². The number of primary amides is 1. The molecule has 1 saturated heterocycles. The molecular weight excluding hydrogens is 306 g/mol. The van der Waals surface area contributed by atoms with Crippen LogP contribution in [-0.2, 0) is 11.3 Å². The summed E-state index contributed by atoms with van der Waals surface area (Å²) in [5.74, 6) is -0.0667. The van der Waals surface area contributed by atoms with Crippen LogP contribution in [0.1, 0.15) is 44.0 Å². The molecule has 6 heteroatoms. The van der Waals surface area contributed by atoms with E-state index in [4.69, 9.17) is 5.73 Å². The lowest BCUT2D eigenvalue weighted by Crippen LogP contribution is -2.42. The largest absolute Gasteiger partial charge is 0.365 e. The van der Waals surface area contributed by atoms with Gasteiger partial charge in [-0.2, -0.15) is 0 Å². The number of likely N-dealkylation sites (tertiary alicyclic amines) is 1. The molecule has 2 rings (SSSR count). The number of carbonyl (C=O) groups excluding carboxylic acids is 2. The number of carbonyl (C=O) groups is 2. The van der Waals surface area contributed by atoms with Crippen LogP contribution in [-0.4, -0.2) is 40.8 Å². The third kappa shape index (κ3) is 4.54. The van der Waals surface area contributed by atoms with Crippen LogP contribution in [0.15, 0.2) is 23.1 Å². The maximum Gasteiger partial charge on any atom is 0.263 e. The van der Waals surface area contributed by atoms with Crippen LogP contribution in [0.5, 0.6) is 0 Å². The lowest BCUT2D eigenvalue weighted by atomic mass is 9.89. The van der Waals surface area contributed by atoms with Gasteiger partial charge in [0, 0.05) is 18.2 Å². The van der Waals surface area contributed by atoms with Crippen LogP contribution >= 0.6 is 0 Å². The fourth-order valence-corrected chi connectivity index (χ4v) is 2.91. The standard InChI is InChI=1S/C18H27N3O3/c1-18(2,3)15(22)12-20-9-6-13(7-10-20)11-21-8-4-5-14(16(19)23)17(21)24/h4-5,8,13H,6-7,9-12H2,1-3H3,(H2,19,23). The van der Waals surface area contributed by atoms with Gasteiger partial charge in [-0.25, -0.2) is 0 Å². The molecule has 2 heterocycles. The number of Topliss-reactive ketones (excluding diaryl/α,β-unsaturated/α-hetero) is 1. The molecule has 1 aromatic rings. The monoisotopic (exact) mass is 333 g/mol. The van der Waals surface area contributed by atoms with Crippen molar-refractivity contribution in [1.82, 2.24) is 9.47 Å². The number of nitrogens with zero attached hydrogens (tertiary/aromatic N) is 2. The Kier molecular flexibility index (Phi) is 5.59. The minimum absolute atomic E-state index is 0.0331. The second kappa shape index (κ2) is 7.30. The van der Waals surface area contributed by atoms with Crippen LogP contribution in [0.4, 0.5) is 0 Å². The smallest absolute Gasteiger partial charge is 0.263 e. The molecular formula is C18H27N3O3. The molecule has 1 aromatic heterocycles. The number of amides is 1. The van der Waals surface area contributed by atoms with E-state index in [9.17, 15) is 14.4 Å². The van der Waals surface area contributed by atoms with Crippen LogP contribution < -0.4 is 11.3 Å². The van der Waals surface area contributed by atoms with Gasteiger partial charge in [0.2, 0.25) is 0 Å².